The van der Waals surface area contributed by atoms with Gasteiger partial charge in [0.15, 0.2) is 0 Å². The summed E-state index contributed by atoms with van der Waals surface area (Å²) in [7, 11) is 1.64. The van der Waals surface area contributed by atoms with Crippen LogP contribution >= 0.6 is 0 Å². The van der Waals surface area contributed by atoms with Gasteiger partial charge in [0, 0.05) is 13.5 Å². The molecule has 2 N–H and O–H groups in total. The number of methoxy groups -OCH3 is 1. The summed E-state index contributed by atoms with van der Waals surface area (Å²) in [5.41, 5.74) is -1.02. The van der Waals surface area contributed by atoms with Gasteiger partial charge in [0.25, 0.3) is 0 Å². The number of aliphatic carboxylic acids is 1. The summed E-state index contributed by atoms with van der Waals surface area (Å²) in [5.74, 6) is -1.22. The maximum absolute atomic E-state index is 12.1. The van der Waals surface area contributed by atoms with E-state index >= 15 is 0 Å². The van der Waals surface area contributed by atoms with E-state index in [2.05, 4.69) is 5.32 Å². The number of rotatable bonds is 6. The Kier molecular flexibility index (Phi) is 5.35. The second-order valence-electron chi connectivity index (χ2n) is 5.93. The Morgan fingerprint density at radius 2 is 2.05 bits per heavy atom. The molecule has 19 heavy (non-hydrogen) atoms. The van der Waals surface area contributed by atoms with E-state index in [1.165, 1.54) is 0 Å². The zero-order chi connectivity index (χ0) is 14.6. The van der Waals surface area contributed by atoms with E-state index in [1.807, 2.05) is 13.8 Å². The summed E-state index contributed by atoms with van der Waals surface area (Å²) in [6.07, 6.45) is 2.94. The van der Waals surface area contributed by atoms with Gasteiger partial charge in [-0.1, -0.05) is 13.8 Å². The van der Waals surface area contributed by atoms with Crippen molar-refractivity contribution in [2.45, 2.75) is 58.6 Å². The van der Waals surface area contributed by atoms with Crippen molar-refractivity contribution in [3.63, 3.8) is 0 Å². The van der Waals surface area contributed by atoms with Crippen LogP contribution in [0.5, 0.6) is 0 Å². The lowest BCUT2D eigenvalue weighted by molar-refractivity contribution is -0.153. The van der Waals surface area contributed by atoms with Crippen molar-refractivity contribution in [1.82, 2.24) is 5.32 Å². The van der Waals surface area contributed by atoms with Crippen LogP contribution in [0.15, 0.2) is 0 Å². The first-order valence-electron chi connectivity index (χ1n) is 6.86. The molecule has 3 unspecified atom stereocenters. The zero-order valence-electron chi connectivity index (χ0n) is 12.2. The molecule has 0 bridgehead atoms. The number of ether oxygens (including phenoxy) is 1. The fourth-order valence-electron chi connectivity index (χ4n) is 2.49. The van der Waals surface area contributed by atoms with Gasteiger partial charge in [0.2, 0.25) is 5.91 Å². The van der Waals surface area contributed by atoms with Crippen LogP contribution in [0.2, 0.25) is 0 Å². The number of carbonyl (C=O) groups is 2. The Bertz CT molecular complexity index is 342. The topological polar surface area (TPSA) is 75.6 Å². The maximum atomic E-state index is 12.1. The van der Waals surface area contributed by atoms with Crippen molar-refractivity contribution in [3.05, 3.63) is 0 Å². The molecule has 0 aromatic heterocycles. The molecule has 0 radical (unpaired) electrons. The van der Waals surface area contributed by atoms with E-state index < -0.39 is 11.4 Å². The number of carboxylic acids is 1. The lowest BCUT2D eigenvalue weighted by atomic mass is 9.76. The predicted molar refractivity (Wildman–Crippen MR) is 71.8 cm³/mol. The highest BCUT2D eigenvalue weighted by atomic mass is 16.5. The van der Waals surface area contributed by atoms with Crippen molar-refractivity contribution >= 4 is 11.9 Å². The lowest BCUT2D eigenvalue weighted by Crippen LogP contribution is -2.45. The molecule has 110 valence electrons. The first-order chi connectivity index (χ1) is 8.81. The second kappa shape index (κ2) is 6.37. The number of hydrogen-bond acceptors (Lipinski definition) is 3. The Morgan fingerprint density at radius 1 is 1.42 bits per heavy atom. The van der Waals surface area contributed by atoms with Crippen molar-refractivity contribution in [1.29, 1.82) is 0 Å². The number of amides is 1. The number of nitrogens with one attached hydrogen (secondary N) is 1. The normalized spacial score (nSPS) is 26.2. The van der Waals surface area contributed by atoms with Crippen LogP contribution in [0.4, 0.5) is 0 Å². The number of carboxylic acid groups (broad SMARTS) is 1. The number of hydrogen-bond donors (Lipinski definition) is 2. The Balaban J connectivity index is 2.61. The van der Waals surface area contributed by atoms with Crippen LogP contribution in [0.25, 0.3) is 0 Å². The van der Waals surface area contributed by atoms with Crippen molar-refractivity contribution < 1.29 is 19.4 Å². The molecule has 1 rings (SSSR count). The van der Waals surface area contributed by atoms with Gasteiger partial charge in [-0.3, -0.25) is 9.59 Å². The largest absolute Gasteiger partial charge is 0.481 e. The van der Waals surface area contributed by atoms with Gasteiger partial charge in [-0.05, 0) is 32.1 Å². The summed E-state index contributed by atoms with van der Waals surface area (Å²) in [6.45, 7) is 5.28. The SMILES string of the molecule is COC1CCCC1NC(=O)CC(C)(C(=O)O)C(C)C. The fraction of sp³-hybridized carbons (Fsp3) is 0.857. The molecular formula is C14H25NO4. The Labute approximate surface area is 114 Å². The number of carbonyl (C=O) groups excluding carboxylic acids is 1. The molecular weight excluding hydrogens is 246 g/mol. The standard InChI is InChI=1S/C14H25NO4/c1-9(2)14(3,13(17)18)8-12(16)15-10-6-5-7-11(10)19-4/h9-11H,5-8H2,1-4H3,(H,15,16)(H,17,18). The smallest absolute Gasteiger partial charge is 0.310 e. The van der Waals surface area contributed by atoms with Crippen LogP contribution in [0.1, 0.15) is 46.5 Å². The highest BCUT2D eigenvalue weighted by Gasteiger charge is 2.39. The van der Waals surface area contributed by atoms with Crippen molar-refractivity contribution in [3.8, 4) is 0 Å². The van der Waals surface area contributed by atoms with Crippen LogP contribution in [0.3, 0.4) is 0 Å². The molecule has 3 atom stereocenters. The highest BCUT2D eigenvalue weighted by molar-refractivity contribution is 5.85. The molecule has 0 heterocycles. The minimum absolute atomic E-state index is 0.00688. The lowest BCUT2D eigenvalue weighted by Gasteiger charge is -2.29. The average molecular weight is 271 g/mol. The Morgan fingerprint density at radius 3 is 2.53 bits per heavy atom. The minimum Gasteiger partial charge on any atom is -0.481 e. The summed E-state index contributed by atoms with van der Waals surface area (Å²) >= 11 is 0. The molecule has 0 aromatic rings. The quantitative estimate of drug-likeness (QED) is 0.772. The first-order valence-corrected chi connectivity index (χ1v) is 6.86. The third-order valence-corrected chi connectivity index (χ3v) is 4.39. The van der Waals surface area contributed by atoms with Crippen LogP contribution in [-0.2, 0) is 14.3 Å². The molecule has 1 fully saturated rings. The minimum atomic E-state index is -1.02. The van der Waals surface area contributed by atoms with E-state index in [0.29, 0.717) is 0 Å². The second-order valence-corrected chi connectivity index (χ2v) is 5.93. The van der Waals surface area contributed by atoms with Crippen molar-refractivity contribution in [2.75, 3.05) is 7.11 Å². The third-order valence-electron chi connectivity index (χ3n) is 4.39. The molecule has 0 aromatic carbocycles. The van der Waals surface area contributed by atoms with E-state index in [1.54, 1.807) is 14.0 Å². The summed E-state index contributed by atoms with van der Waals surface area (Å²) in [4.78, 5) is 23.4. The Hall–Kier alpha value is -1.10. The van der Waals surface area contributed by atoms with E-state index in [-0.39, 0.29) is 30.4 Å². The van der Waals surface area contributed by atoms with Gasteiger partial charge < -0.3 is 15.2 Å². The average Bonchev–Trinajstić information content (AvgIpc) is 2.75. The molecule has 1 saturated carbocycles. The molecule has 1 aliphatic carbocycles. The molecule has 1 aliphatic rings. The molecule has 0 spiro atoms. The van der Waals surface area contributed by atoms with E-state index in [0.717, 1.165) is 19.3 Å². The molecule has 0 saturated heterocycles. The van der Waals surface area contributed by atoms with E-state index in [4.69, 9.17) is 4.74 Å². The maximum Gasteiger partial charge on any atom is 0.310 e. The molecule has 1 amide bonds. The zero-order valence-corrected chi connectivity index (χ0v) is 12.2. The van der Waals surface area contributed by atoms with Gasteiger partial charge in [-0.2, -0.15) is 0 Å². The van der Waals surface area contributed by atoms with Gasteiger partial charge in [0.05, 0.1) is 17.6 Å². The van der Waals surface area contributed by atoms with Gasteiger partial charge in [-0.15, -0.1) is 0 Å². The third kappa shape index (κ3) is 3.69. The summed E-state index contributed by atoms with van der Waals surface area (Å²) < 4.78 is 5.32. The summed E-state index contributed by atoms with van der Waals surface area (Å²) in [6, 6.07) is 0.0164. The summed E-state index contributed by atoms with van der Waals surface area (Å²) in [5, 5.41) is 12.2. The molecule has 0 aliphatic heterocycles. The monoisotopic (exact) mass is 271 g/mol. The first kappa shape index (κ1) is 16.0. The molecule has 5 nitrogen and oxygen atoms in total. The predicted octanol–water partition coefficient (Wildman–Crippen LogP) is 1.81. The van der Waals surface area contributed by atoms with Gasteiger partial charge >= 0.3 is 5.97 Å². The van der Waals surface area contributed by atoms with Crippen LogP contribution < -0.4 is 5.32 Å². The van der Waals surface area contributed by atoms with Crippen molar-refractivity contribution in [2.24, 2.45) is 11.3 Å². The molecule has 5 heteroatoms. The van der Waals surface area contributed by atoms with Gasteiger partial charge in [-0.25, -0.2) is 0 Å². The fourth-order valence-corrected chi connectivity index (χ4v) is 2.49. The highest BCUT2D eigenvalue weighted by Crippen LogP contribution is 2.31. The van der Waals surface area contributed by atoms with Gasteiger partial charge in [0.1, 0.15) is 0 Å². The van der Waals surface area contributed by atoms with E-state index in [9.17, 15) is 14.7 Å². The van der Waals surface area contributed by atoms with Crippen LogP contribution in [-0.4, -0.2) is 36.2 Å². The van der Waals surface area contributed by atoms with Crippen LogP contribution in [0, 0.1) is 11.3 Å².